The predicted octanol–water partition coefficient (Wildman–Crippen LogP) is 2.63. The monoisotopic (exact) mass is 419 g/mol. The molecule has 9 nitrogen and oxygen atoms in total. The standard InChI is InChI=1S/C19H21N3O6S/c1-13-5-7-16(22(24)25)11-18(13)29(26,27)20-15-6-8-17-14(10-15)4-3-9-21(17)19(23)12-28-2/h5-8,10-11,20H,3-4,9,12H2,1-2H3. The SMILES string of the molecule is COCC(=O)N1CCCc2cc(NS(=O)(=O)c3cc([N+](=O)[O-])ccc3C)ccc21. The molecule has 1 heterocycles. The van der Waals surface area contributed by atoms with Gasteiger partial charge in [-0.05, 0) is 49.1 Å². The quantitative estimate of drug-likeness (QED) is 0.568. The number of ether oxygens (including phenoxy) is 1. The zero-order valence-corrected chi connectivity index (χ0v) is 16.9. The van der Waals surface area contributed by atoms with Crippen molar-refractivity contribution in [1.82, 2.24) is 0 Å². The number of fused-ring (bicyclic) bond motifs is 1. The van der Waals surface area contributed by atoms with E-state index in [-0.39, 0.29) is 23.1 Å². The maximum absolute atomic E-state index is 12.8. The first-order chi connectivity index (χ1) is 13.7. The average Bonchev–Trinajstić information content (AvgIpc) is 2.67. The van der Waals surface area contributed by atoms with Gasteiger partial charge in [0, 0.05) is 37.2 Å². The molecule has 3 rings (SSSR count). The minimum Gasteiger partial charge on any atom is -0.375 e. The number of rotatable bonds is 6. The Morgan fingerprint density at radius 1 is 1.28 bits per heavy atom. The van der Waals surface area contributed by atoms with Crippen molar-refractivity contribution < 1.29 is 22.9 Å². The third-order valence-corrected chi connectivity index (χ3v) is 6.21. The molecular weight excluding hydrogens is 398 g/mol. The lowest BCUT2D eigenvalue weighted by Crippen LogP contribution is -2.37. The van der Waals surface area contributed by atoms with Crippen molar-refractivity contribution in [3.05, 3.63) is 57.6 Å². The topological polar surface area (TPSA) is 119 Å². The summed E-state index contributed by atoms with van der Waals surface area (Å²) in [6.45, 7) is 2.12. The molecule has 1 aliphatic heterocycles. The van der Waals surface area contributed by atoms with E-state index >= 15 is 0 Å². The van der Waals surface area contributed by atoms with Crippen molar-refractivity contribution in [2.45, 2.75) is 24.7 Å². The van der Waals surface area contributed by atoms with E-state index in [0.29, 0.717) is 24.2 Å². The highest BCUT2D eigenvalue weighted by Crippen LogP contribution is 2.31. The van der Waals surface area contributed by atoms with Gasteiger partial charge in [0.15, 0.2) is 0 Å². The highest BCUT2D eigenvalue weighted by Gasteiger charge is 2.24. The zero-order valence-electron chi connectivity index (χ0n) is 16.0. The summed E-state index contributed by atoms with van der Waals surface area (Å²) < 4.78 is 33.0. The van der Waals surface area contributed by atoms with E-state index in [1.54, 1.807) is 30.0 Å². The van der Waals surface area contributed by atoms with Crippen molar-refractivity contribution in [3.8, 4) is 0 Å². The fraction of sp³-hybridized carbons (Fsp3) is 0.316. The van der Waals surface area contributed by atoms with E-state index in [4.69, 9.17) is 4.74 Å². The fourth-order valence-electron chi connectivity index (χ4n) is 3.32. The number of nitro benzene ring substituents is 1. The molecule has 154 valence electrons. The number of benzene rings is 2. The van der Waals surface area contributed by atoms with Gasteiger partial charge in [0.2, 0.25) is 0 Å². The van der Waals surface area contributed by atoms with Gasteiger partial charge in [-0.3, -0.25) is 19.6 Å². The Morgan fingerprint density at radius 3 is 2.72 bits per heavy atom. The fourth-order valence-corrected chi connectivity index (χ4v) is 4.64. The van der Waals surface area contributed by atoms with Gasteiger partial charge in [-0.2, -0.15) is 0 Å². The zero-order chi connectivity index (χ0) is 21.2. The number of nitrogens with zero attached hydrogens (tertiary/aromatic N) is 2. The number of non-ortho nitro benzene ring substituents is 1. The number of amides is 1. The third kappa shape index (κ3) is 4.38. The third-order valence-electron chi connectivity index (χ3n) is 4.69. The summed E-state index contributed by atoms with van der Waals surface area (Å²) in [5.74, 6) is -0.158. The number of methoxy groups -OCH3 is 1. The maximum atomic E-state index is 12.8. The van der Waals surface area contributed by atoms with E-state index in [1.807, 2.05) is 0 Å². The summed E-state index contributed by atoms with van der Waals surface area (Å²) in [7, 11) is -2.57. The normalized spacial score (nSPS) is 13.7. The number of nitrogens with one attached hydrogen (secondary N) is 1. The first-order valence-electron chi connectivity index (χ1n) is 8.93. The minimum absolute atomic E-state index is 0.0279. The molecule has 0 fully saturated rings. The van der Waals surface area contributed by atoms with Gasteiger partial charge >= 0.3 is 0 Å². The molecule has 0 aliphatic carbocycles. The lowest BCUT2D eigenvalue weighted by Gasteiger charge is -2.29. The van der Waals surface area contributed by atoms with Crippen LogP contribution in [-0.4, -0.2) is 39.5 Å². The van der Waals surface area contributed by atoms with Crippen molar-refractivity contribution in [2.75, 3.05) is 29.9 Å². The summed E-state index contributed by atoms with van der Waals surface area (Å²) in [4.78, 5) is 24.1. The largest absolute Gasteiger partial charge is 0.375 e. The van der Waals surface area contributed by atoms with Crippen molar-refractivity contribution in [2.24, 2.45) is 0 Å². The second-order valence-corrected chi connectivity index (χ2v) is 8.39. The van der Waals surface area contributed by atoms with Crippen LogP contribution in [0, 0.1) is 17.0 Å². The van der Waals surface area contributed by atoms with Gasteiger partial charge in [-0.25, -0.2) is 8.42 Å². The number of carbonyl (C=O) groups excluding carboxylic acids is 1. The number of hydrogen-bond donors (Lipinski definition) is 1. The van der Waals surface area contributed by atoms with Crippen LogP contribution >= 0.6 is 0 Å². The van der Waals surface area contributed by atoms with Crippen LogP contribution in [0.1, 0.15) is 17.5 Å². The van der Waals surface area contributed by atoms with Crippen LogP contribution in [0.15, 0.2) is 41.3 Å². The molecule has 0 spiro atoms. The number of anilines is 2. The van der Waals surface area contributed by atoms with Gasteiger partial charge in [0.1, 0.15) is 6.61 Å². The van der Waals surface area contributed by atoms with E-state index in [9.17, 15) is 23.3 Å². The highest BCUT2D eigenvalue weighted by molar-refractivity contribution is 7.92. The molecule has 0 bridgehead atoms. The molecule has 1 aliphatic rings. The lowest BCUT2D eigenvalue weighted by atomic mass is 10.0. The van der Waals surface area contributed by atoms with Crippen molar-refractivity contribution in [1.29, 1.82) is 0 Å². The van der Waals surface area contributed by atoms with Crippen molar-refractivity contribution in [3.63, 3.8) is 0 Å². The van der Waals surface area contributed by atoms with Gasteiger partial charge < -0.3 is 9.64 Å². The van der Waals surface area contributed by atoms with Crippen LogP contribution in [0.2, 0.25) is 0 Å². The second kappa shape index (κ2) is 8.18. The number of hydrogen-bond acceptors (Lipinski definition) is 6. The van der Waals surface area contributed by atoms with Gasteiger partial charge in [-0.15, -0.1) is 0 Å². The lowest BCUT2D eigenvalue weighted by molar-refractivity contribution is -0.385. The summed E-state index contributed by atoms with van der Waals surface area (Å²) in [6.07, 6.45) is 1.46. The first-order valence-corrected chi connectivity index (χ1v) is 10.4. The summed E-state index contributed by atoms with van der Waals surface area (Å²) in [5, 5.41) is 11.0. The Balaban J connectivity index is 1.90. The van der Waals surface area contributed by atoms with Crippen LogP contribution in [0.4, 0.5) is 17.1 Å². The summed E-state index contributed by atoms with van der Waals surface area (Å²) in [5.41, 5.74) is 2.01. The molecule has 2 aromatic rings. The molecule has 0 atom stereocenters. The molecule has 0 saturated carbocycles. The van der Waals surface area contributed by atoms with E-state index in [1.165, 1.54) is 19.2 Å². The maximum Gasteiger partial charge on any atom is 0.270 e. The Bertz CT molecular complexity index is 1070. The Hall–Kier alpha value is -2.98. The molecule has 2 aromatic carbocycles. The van der Waals surface area contributed by atoms with Crippen LogP contribution in [0.3, 0.4) is 0 Å². The summed E-state index contributed by atoms with van der Waals surface area (Å²) in [6, 6.07) is 8.66. The molecule has 0 saturated heterocycles. The average molecular weight is 419 g/mol. The molecule has 0 radical (unpaired) electrons. The summed E-state index contributed by atoms with van der Waals surface area (Å²) >= 11 is 0. The van der Waals surface area contributed by atoms with Crippen LogP contribution in [-0.2, 0) is 26.0 Å². The Labute approximate surface area is 168 Å². The van der Waals surface area contributed by atoms with Gasteiger partial charge in [0.05, 0.1) is 9.82 Å². The van der Waals surface area contributed by atoms with Crippen LogP contribution < -0.4 is 9.62 Å². The molecular formula is C19H21N3O6S. The van der Waals surface area contributed by atoms with E-state index in [2.05, 4.69) is 4.72 Å². The first kappa shape index (κ1) is 20.7. The van der Waals surface area contributed by atoms with Gasteiger partial charge in [0.25, 0.3) is 21.6 Å². The molecule has 10 heteroatoms. The van der Waals surface area contributed by atoms with Crippen LogP contribution in [0.25, 0.3) is 0 Å². The smallest absolute Gasteiger partial charge is 0.270 e. The van der Waals surface area contributed by atoms with E-state index < -0.39 is 14.9 Å². The molecule has 1 N–H and O–H groups in total. The second-order valence-electron chi connectivity index (χ2n) is 6.74. The number of carbonyl (C=O) groups is 1. The number of nitro groups is 1. The predicted molar refractivity (Wildman–Crippen MR) is 108 cm³/mol. The molecule has 29 heavy (non-hydrogen) atoms. The molecule has 0 unspecified atom stereocenters. The minimum atomic E-state index is -4.02. The number of sulfonamides is 1. The Morgan fingerprint density at radius 2 is 2.03 bits per heavy atom. The molecule has 1 amide bonds. The van der Waals surface area contributed by atoms with Crippen LogP contribution in [0.5, 0.6) is 0 Å². The van der Waals surface area contributed by atoms with Crippen molar-refractivity contribution >= 4 is 33.0 Å². The molecule has 0 aromatic heterocycles. The number of aryl methyl sites for hydroxylation is 2. The van der Waals surface area contributed by atoms with E-state index in [0.717, 1.165) is 23.7 Å². The highest BCUT2D eigenvalue weighted by atomic mass is 32.2. The van der Waals surface area contributed by atoms with Gasteiger partial charge in [-0.1, -0.05) is 6.07 Å². The Kier molecular flexibility index (Phi) is 5.85.